The van der Waals surface area contributed by atoms with Crippen molar-refractivity contribution in [2.45, 2.75) is 65.6 Å². The van der Waals surface area contributed by atoms with Crippen molar-refractivity contribution in [2.24, 2.45) is 0 Å². The Morgan fingerprint density at radius 2 is 1.74 bits per heavy atom. The van der Waals surface area contributed by atoms with E-state index in [1.807, 2.05) is 41.5 Å². The molecule has 1 aromatic rings. The van der Waals surface area contributed by atoms with E-state index in [0.717, 1.165) is 5.46 Å². The summed E-state index contributed by atoms with van der Waals surface area (Å²) in [6.45, 7) is 12.5. The molecule has 1 unspecified atom stereocenters. The molecule has 0 bridgehead atoms. The monoisotopic (exact) mass is 324 g/mol. The molecule has 0 spiro atoms. The molecule has 1 aliphatic rings. The molecule has 1 aliphatic heterocycles. The van der Waals surface area contributed by atoms with Gasteiger partial charge in [0.05, 0.1) is 17.8 Å². The standard InChI is InChI=1S/C17H26BFO4/c1-7-20-12(2)21-11-13-10-14(19)8-9-15(13)18-22-16(3,4)17(5,6)23-18/h8-10,12H,7,11H2,1-6H3. The molecule has 0 radical (unpaired) electrons. The lowest BCUT2D eigenvalue weighted by Gasteiger charge is -2.32. The first-order chi connectivity index (χ1) is 10.7. The minimum atomic E-state index is -0.540. The van der Waals surface area contributed by atoms with Crippen molar-refractivity contribution >= 4 is 12.6 Å². The summed E-state index contributed by atoms with van der Waals surface area (Å²) < 4.78 is 36.7. The van der Waals surface area contributed by atoms with Crippen LogP contribution in [0.15, 0.2) is 18.2 Å². The van der Waals surface area contributed by atoms with E-state index < -0.39 is 18.3 Å². The highest BCUT2D eigenvalue weighted by Gasteiger charge is 2.52. The Balaban J connectivity index is 2.19. The lowest BCUT2D eigenvalue weighted by molar-refractivity contribution is -0.134. The van der Waals surface area contributed by atoms with Gasteiger partial charge in [-0.15, -0.1) is 0 Å². The van der Waals surface area contributed by atoms with Crippen molar-refractivity contribution < 1.29 is 23.2 Å². The molecule has 0 aromatic heterocycles. The van der Waals surface area contributed by atoms with Crippen molar-refractivity contribution in [3.8, 4) is 0 Å². The molecule has 6 heteroatoms. The summed E-state index contributed by atoms with van der Waals surface area (Å²) in [5, 5.41) is 0. The van der Waals surface area contributed by atoms with Crippen LogP contribution in [0.3, 0.4) is 0 Å². The summed E-state index contributed by atoms with van der Waals surface area (Å²) in [6, 6.07) is 4.57. The maximum absolute atomic E-state index is 13.6. The molecule has 0 N–H and O–H groups in total. The molecule has 2 rings (SSSR count). The second kappa shape index (κ2) is 6.89. The number of hydrogen-bond donors (Lipinski definition) is 0. The molecule has 0 saturated carbocycles. The van der Waals surface area contributed by atoms with Gasteiger partial charge in [-0.2, -0.15) is 0 Å². The minimum Gasteiger partial charge on any atom is -0.399 e. The van der Waals surface area contributed by atoms with Crippen LogP contribution in [-0.2, 0) is 25.4 Å². The molecule has 1 aromatic carbocycles. The van der Waals surface area contributed by atoms with E-state index in [1.165, 1.54) is 12.1 Å². The Bertz CT molecular complexity index is 531. The van der Waals surface area contributed by atoms with Crippen molar-refractivity contribution in [3.63, 3.8) is 0 Å². The van der Waals surface area contributed by atoms with E-state index in [4.69, 9.17) is 18.8 Å². The number of ether oxygens (including phenoxy) is 2. The molecule has 1 heterocycles. The minimum absolute atomic E-state index is 0.234. The normalized spacial score (nSPS) is 20.7. The predicted octanol–water partition coefficient (Wildman–Crippen LogP) is 3.02. The Labute approximate surface area is 138 Å². The molecular weight excluding hydrogens is 298 g/mol. The van der Waals surface area contributed by atoms with E-state index in [1.54, 1.807) is 6.07 Å². The van der Waals surface area contributed by atoms with Gasteiger partial charge in [-0.3, -0.25) is 0 Å². The molecule has 4 nitrogen and oxygen atoms in total. The van der Waals surface area contributed by atoms with Crippen LogP contribution in [0.25, 0.3) is 0 Å². The van der Waals surface area contributed by atoms with Crippen molar-refractivity contribution in [1.82, 2.24) is 0 Å². The first-order valence-corrected chi connectivity index (χ1v) is 8.03. The SMILES string of the molecule is CCOC(C)OCc1cc(F)ccc1B1OC(C)(C)C(C)(C)O1. The Morgan fingerprint density at radius 3 is 2.30 bits per heavy atom. The first kappa shape index (κ1) is 18.4. The van der Waals surface area contributed by atoms with E-state index in [0.29, 0.717) is 12.2 Å². The second-order valence-corrected chi connectivity index (χ2v) is 6.77. The maximum Gasteiger partial charge on any atom is 0.495 e. The van der Waals surface area contributed by atoms with Gasteiger partial charge in [0.25, 0.3) is 0 Å². The van der Waals surface area contributed by atoms with Gasteiger partial charge in [-0.25, -0.2) is 4.39 Å². The highest BCUT2D eigenvalue weighted by Crippen LogP contribution is 2.36. The summed E-state index contributed by atoms with van der Waals surface area (Å²) in [5.41, 5.74) is 0.606. The fraction of sp³-hybridized carbons (Fsp3) is 0.647. The van der Waals surface area contributed by atoms with Gasteiger partial charge >= 0.3 is 7.12 Å². The van der Waals surface area contributed by atoms with E-state index in [2.05, 4.69) is 0 Å². The smallest absolute Gasteiger partial charge is 0.399 e. The zero-order valence-corrected chi connectivity index (χ0v) is 14.8. The summed E-state index contributed by atoms with van der Waals surface area (Å²) in [4.78, 5) is 0. The van der Waals surface area contributed by atoms with Crippen LogP contribution in [-0.4, -0.2) is 31.2 Å². The molecule has 0 aliphatic carbocycles. The Kier molecular flexibility index (Phi) is 5.51. The van der Waals surface area contributed by atoms with Crippen molar-refractivity contribution in [2.75, 3.05) is 6.61 Å². The zero-order valence-electron chi connectivity index (χ0n) is 14.8. The van der Waals surface area contributed by atoms with E-state index >= 15 is 0 Å². The number of rotatable bonds is 6. The van der Waals surface area contributed by atoms with Gasteiger partial charge in [0.15, 0.2) is 6.29 Å². The number of hydrogen-bond acceptors (Lipinski definition) is 4. The van der Waals surface area contributed by atoms with Crippen molar-refractivity contribution in [3.05, 3.63) is 29.6 Å². The van der Waals surface area contributed by atoms with Gasteiger partial charge in [-0.1, -0.05) is 6.07 Å². The molecule has 1 atom stereocenters. The van der Waals surface area contributed by atoms with Crippen LogP contribution in [0.5, 0.6) is 0 Å². The van der Waals surface area contributed by atoms with Gasteiger partial charge in [0.2, 0.25) is 0 Å². The van der Waals surface area contributed by atoms with Crippen LogP contribution < -0.4 is 5.46 Å². The summed E-state index contributed by atoms with van der Waals surface area (Å²) in [7, 11) is -0.540. The van der Waals surface area contributed by atoms with E-state index in [9.17, 15) is 4.39 Å². The molecule has 128 valence electrons. The predicted molar refractivity (Wildman–Crippen MR) is 88.0 cm³/mol. The third-order valence-corrected chi connectivity index (χ3v) is 4.49. The van der Waals surface area contributed by atoms with Crippen LogP contribution in [0, 0.1) is 5.82 Å². The zero-order chi connectivity index (χ0) is 17.3. The lowest BCUT2D eigenvalue weighted by Crippen LogP contribution is -2.41. The fourth-order valence-electron chi connectivity index (χ4n) is 2.39. The summed E-state index contributed by atoms with van der Waals surface area (Å²) in [5.74, 6) is -0.312. The topological polar surface area (TPSA) is 36.9 Å². The largest absolute Gasteiger partial charge is 0.495 e. The van der Waals surface area contributed by atoms with Crippen LogP contribution in [0.2, 0.25) is 0 Å². The molecule has 0 amide bonds. The molecular formula is C17H26BFO4. The highest BCUT2D eigenvalue weighted by molar-refractivity contribution is 6.62. The third kappa shape index (κ3) is 4.12. The van der Waals surface area contributed by atoms with E-state index in [-0.39, 0.29) is 18.7 Å². The fourth-order valence-corrected chi connectivity index (χ4v) is 2.39. The van der Waals surface area contributed by atoms with Crippen LogP contribution in [0.4, 0.5) is 4.39 Å². The number of halogens is 1. The molecule has 1 saturated heterocycles. The molecule has 23 heavy (non-hydrogen) atoms. The highest BCUT2D eigenvalue weighted by atomic mass is 19.1. The third-order valence-electron chi connectivity index (χ3n) is 4.49. The van der Waals surface area contributed by atoms with Gasteiger partial charge in [0.1, 0.15) is 5.82 Å². The second-order valence-electron chi connectivity index (χ2n) is 6.77. The quantitative estimate of drug-likeness (QED) is 0.595. The number of benzene rings is 1. The summed E-state index contributed by atoms with van der Waals surface area (Å²) >= 11 is 0. The van der Waals surface area contributed by atoms with Crippen LogP contribution in [0.1, 0.15) is 47.1 Å². The maximum atomic E-state index is 13.6. The van der Waals surface area contributed by atoms with Crippen LogP contribution >= 0.6 is 0 Å². The van der Waals surface area contributed by atoms with Gasteiger partial charge in [0, 0.05) is 6.61 Å². The Hall–Kier alpha value is -0.945. The van der Waals surface area contributed by atoms with Gasteiger partial charge in [-0.05, 0) is 64.7 Å². The average Bonchev–Trinajstić information content (AvgIpc) is 2.65. The Morgan fingerprint density at radius 1 is 1.13 bits per heavy atom. The summed E-state index contributed by atoms with van der Waals surface area (Å²) in [6.07, 6.45) is -0.352. The first-order valence-electron chi connectivity index (χ1n) is 8.03. The molecule has 1 fully saturated rings. The lowest BCUT2D eigenvalue weighted by atomic mass is 9.76. The average molecular weight is 324 g/mol. The van der Waals surface area contributed by atoms with Crippen molar-refractivity contribution in [1.29, 1.82) is 0 Å². The van der Waals surface area contributed by atoms with Gasteiger partial charge < -0.3 is 18.8 Å².